The molecule has 3 aromatic rings. The summed E-state index contributed by atoms with van der Waals surface area (Å²) in [6.07, 6.45) is 1.58. The third kappa shape index (κ3) is 2.95. The number of benzene rings is 1. The van der Waals surface area contributed by atoms with Crippen LogP contribution in [0, 0.1) is 13.8 Å². The lowest BCUT2D eigenvalue weighted by molar-refractivity contribution is 0.102. The molecule has 0 aliphatic rings. The fraction of sp³-hybridized carbons (Fsp3) is 0.154. The fourth-order valence-corrected chi connectivity index (χ4v) is 2.29. The number of nitrogens with one attached hydrogen (secondary N) is 1. The standard InChI is InChI=1S/C13H12N6OS/c1-8-3-5-10(6-4-8)19-7-11(16-18-19)12(20)14-13-17-15-9(2)21-13/h3-7H,1-2H3,(H,14,17,20). The van der Waals surface area contributed by atoms with Crippen LogP contribution in [0.2, 0.25) is 0 Å². The van der Waals surface area contributed by atoms with Gasteiger partial charge in [0, 0.05) is 0 Å². The van der Waals surface area contributed by atoms with Crippen molar-refractivity contribution in [2.24, 2.45) is 0 Å². The number of rotatable bonds is 3. The summed E-state index contributed by atoms with van der Waals surface area (Å²) < 4.78 is 1.56. The number of hydrogen-bond donors (Lipinski definition) is 1. The Bertz CT molecular complexity index is 776. The maximum Gasteiger partial charge on any atom is 0.279 e. The molecule has 7 nitrogen and oxygen atoms in total. The molecular weight excluding hydrogens is 288 g/mol. The number of carbonyl (C=O) groups is 1. The second-order valence-corrected chi connectivity index (χ2v) is 5.65. The molecule has 0 spiro atoms. The van der Waals surface area contributed by atoms with E-state index >= 15 is 0 Å². The van der Waals surface area contributed by atoms with Gasteiger partial charge in [-0.1, -0.05) is 34.2 Å². The van der Waals surface area contributed by atoms with Crippen LogP contribution in [0.5, 0.6) is 0 Å². The number of carbonyl (C=O) groups excluding carboxylic acids is 1. The molecule has 0 saturated carbocycles. The Labute approximate surface area is 124 Å². The largest absolute Gasteiger partial charge is 0.295 e. The highest BCUT2D eigenvalue weighted by Gasteiger charge is 2.13. The molecule has 0 bridgehead atoms. The maximum atomic E-state index is 12.0. The number of aromatic nitrogens is 5. The molecule has 0 aliphatic carbocycles. The zero-order valence-corrected chi connectivity index (χ0v) is 12.3. The number of amides is 1. The molecule has 1 amide bonds. The summed E-state index contributed by atoms with van der Waals surface area (Å²) in [5.41, 5.74) is 2.23. The smallest absolute Gasteiger partial charge is 0.279 e. The van der Waals surface area contributed by atoms with Crippen LogP contribution in [0.3, 0.4) is 0 Å². The fourth-order valence-electron chi connectivity index (χ4n) is 1.70. The van der Waals surface area contributed by atoms with E-state index in [-0.39, 0.29) is 11.6 Å². The second kappa shape index (κ2) is 5.41. The summed E-state index contributed by atoms with van der Waals surface area (Å²) in [7, 11) is 0. The van der Waals surface area contributed by atoms with E-state index in [0.29, 0.717) is 5.13 Å². The zero-order chi connectivity index (χ0) is 14.8. The Balaban J connectivity index is 1.78. The van der Waals surface area contributed by atoms with Gasteiger partial charge in [-0.25, -0.2) is 4.68 Å². The van der Waals surface area contributed by atoms with Gasteiger partial charge >= 0.3 is 0 Å². The van der Waals surface area contributed by atoms with E-state index in [2.05, 4.69) is 25.8 Å². The van der Waals surface area contributed by atoms with Crippen LogP contribution in [0.25, 0.3) is 5.69 Å². The van der Waals surface area contributed by atoms with Crippen molar-refractivity contribution >= 4 is 22.4 Å². The Kier molecular flexibility index (Phi) is 3.44. The molecule has 0 radical (unpaired) electrons. The SMILES string of the molecule is Cc1ccc(-n2cc(C(=O)Nc3nnc(C)s3)nn2)cc1. The van der Waals surface area contributed by atoms with Gasteiger partial charge in [-0.05, 0) is 26.0 Å². The third-order valence-corrected chi connectivity index (χ3v) is 3.53. The van der Waals surface area contributed by atoms with Crippen LogP contribution >= 0.6 is 11.3 Å². The summed E-state index contributed by atoms with van der Waals surface area (Å²) in [4.78, 5) is 12.0. The average molecular weight is 300 g/mol. The van der Waals surface area contributed by atoms with E-state index in [4.69, 9.17) is 0 Å². The van der Waals surface area contributed by atoms with Gasteiger partial charge in [0.05, 0.1) is 11.9 Å². The van der Waals surface area contributed by atoms with Gasteiger partial charge in [-0.2, -0.15) is 0 Å². The quantitative estimate of drug-likeness (QED) is 0.799. The number of anilines is 1. The highest BCUT2D eigenvalue weighted by atomic mass is 32.1. The number of hydrogen-bond acceptors (Lipinski definition) is 6. The molecule has 21 heavy (non-hydrogen) atoms. The third-order valence-electron chi connectivity index (χ3n) is 2.77. The normalized spacial score (nSPS) is 10.6. The van der Waals surface area contributed by atoms with E-state index in [1.54, 1.807) is 10.9 Å². The van der Waals surface area contributed by atoms with Crippen LogP contribution in [-0.2, 0) is 0 Å². The lowest BCUT2D eigenvalue weighted by atomic mass is 10.2. The van der Waals surface area contributed by atoms with Gasteiger partial charge < -0.3 is 0 Å². The van der Waals surface area contributed by atoms with Crippen molar-refractivity contribution in [3.05, 3.63) is 46.7 Å². The summed E-state index contributed by atoms with van der Waals surface area (Å²) >= 11 is 1.31. The highest BCUT2D eigenvalue weighted by molar-refractivity contribution is 7.15. The molecule has 1 N–H and O–H groups in total. The van der Waals surface area contributed by atoms with Crippen molar-refractivity contribution in [3.63, 3.8) is 0 Å². The minimum absolute atomic E-state index is 0.225. The highest BCUT2D eigenvalue weighted by Crippen LogP contribution is 2.15. The van der Waals surface area contributed by atoms with Gasteiger partial charge in [0.1, 0.15) is 5.01 Å². The molecule has 8 heteroatoms. The van der Waals surface area contributed by atoms with E-state index in [1.165, 1.54) is 11.3 Å². The van der Waals surface area contributed by atoms with Crippen LogP contribution in [0.15, 0.2) is 30.5 Å². The predicted molar refractivity (Wildman–Crippen MR) is 78.7 cm³/mol. The summed E-state index contributed by atoms with van der Waals surface area (Å²) in [5.74, 6) is -0.357. The minimum Gasteiger partial charge on any atom is -0.295 e. The summed E-state index contributed by atoms with van der Waals surface area (Å²) in [5, 5.41) is 19.4. The molecule has 2 aromatic heterocycles. The lowest BCUT2D eigenvalue weighted by Gasteiger charge is -1.99. The first-order valence-corrected chi connectivity index (χ1v) is 7.04. The molecule has 1 aromatic carbocycles. The lowest BCUT2D eigenvalue weighted by Crippen LogP contribution is -2.12. The van der Waals surface area contributed by atoms with E-state index in [1.807, 2.05) is 38.1 Å². The molecule has 0 fully saturated rings. The van der Waals surface area contributed by atoms with E-state index in [9.17, 15) is 4.79 Å². The Morgan fingerprint density at radius 3 is 2.57 bits per heavy atom. The van der Waals surface area contributed by atoms with Gasteiger partial charge in [0.15, 0.2) is 5.69 Å². The monoisotopic (exact) mass is 300 g/mol. The Morgan fingerprint density at radius 2 is 1.90 bits per heavy atom. The number of aryl methyl sites for hydroxylation is 2. The molecule has 106 valence electrons. The van der Waals surface area contributed by atoms with E-state index in [0.717, 1.165) is 16.3 Å². The first-order chi connectivity index (χ1) is 10.1. The van der Waals surface area contributed by atoms with Crippen LogP contribution in [-0.4, -0.2) is 31.1 Å². The van der Waals surface area contributed by atoms with Gasteiger partial charge in [0.25, 0.3) is 5.91 Å². The summed E-state index contributed by atoms with van der Waals surface area (Å²) in [6.45, 7) is 3.83. The van der Waals surface area contributed by atoms with Crippen molar-refractivity contribution in [2.75, 3.05) is 5.32 Å². The van der Waals surface area contributed by atoms with Gasteiger partial charge in [-0.15, -0.1) is 15.3 Å². The van der Waals surface area contributed by atoms with Crippen molar-refractivity contribution < 1.29 is 4.79 Å². The van der Waals surface area contributed by atoms with Crippen molar-refractivity contribution in [2.45, 2.75) is 13.8 Å². The molecule has 0 aliphatic heterocycles. The second-order valence-electron chi connectivity index (χ2n) is 4.46. The zero-order valence-electron chi connectivity index (χ0n) is 11.4. The minimum atomic E-state index is -0.357. The Morgan fingerprint density at radius 1 is 1.14 bits per heavy atom. The molecule has 0 unspecified atom stereocenters. The molecule has 0 saturated heterocycles. The first kappa shape index (κ1) is 13.4. The topological polar surface area (TPSA) is 85.6 Å². The molecular formula is C13H12N6OS. The predicted octanol–water partition coefficient (Wildman–Crippen LogP) is 1.99. The van der Waals surface area contributed by atoms with E-state index < -0.39 is 0 Å². The number of nitrogens with zero attached hydrogens (tertiary/aromatic N) is 5. The molecule has 0 atom stereocenters. The average Bonchev–Trinajstić information content (AvgIpc) is 3.09. The van der Waals surface area contributed by atoms with Crippen molar-refractivity contribution in [1.82, 2.24) is 25.2 Å². The van der Waals surface area contributed by atoms with Crippen LogP contribution in [0.1, 0.15) is 21.1 Å². The van der Waals surface area contributed by atoms with Crippen LogP contribution in [0.4, 0.5) is 5.13 Å². The van der Waals surface area contributed by atoms with Gasteiger partial charge in [-0.3, -0.25) is 10.1 Å². The van der Waals surface area contributed by atoms with Gasteiger partial charge in [0.2, 0.25) is 5.13 Å². The van der Waals surface area contributed by atoms with Crippen molar-refractivity contribution in [3.8, 4) is 5.69 Å². The Hall–Kier alpha value is -2.61. The summed E-state index contributed by atoms with van der Waals surface area (Å²) in [6, 6.07) is 7.78. The van der Waals surface area contributed by atoms with Crippen LogP contribution < -0.4 is 5.32 Å². The molecule has 3 rings (SSSR count). The maximum absolute atomic E-state index is 12.0. The van der Waals surface area contributed by atoms with Crippen molar-refractivity contribution in [1.29, 1.82) is 0 Å². The molecule has 2 heterocycles. The first-order valence-electron chi connectivity index (χ1n) is 6.23.